The first-order valence-electron chi connectivity index (χ1n) is 3.04. The van der Waals surface area contributed by atoms with Gasteiger partial charge in [0.25, 0.3) is 0 Å². The third kappa shape index (κ3) is 1.57. The van der Waals surface area contributed by atoms with Crippen molar-refractivity contribution in [3.8, 4) is 6.07 Å². The van der Waals surface area contributed by atoms with E-state index < -0.39 is 0 Å². The Hall–Kier alpha value is -0.660. The molecule has 0 aliphatic carbocycles. The van der Waals surface area contributed by atoms with Crippen LogP contribution in [0, 0.1) is 11.3 Å². The van der Waals surface area contributed by atoms with Crippen LogP contribution in [-0.4, -0.2) is 6.29 Å². The summed E-state index contributed by atoms with van der Waals surface area (Å²) in [6.07, 6.45) is 0.706. The zero-order valence-electron chi connectivity index (χ0n) is 5.84. The predicted molar refractivity (Wildman–Crippen MR) is 51.9 cm³/mol. The monoisotopic (exact) mass is 287 g/mol. The van der Waals surface area contributed by atoms with Gasteiger partial charge in [0.15, 0.2) is 6.29 Å². The lowest BCUT2D eigenvalue weighted by Gasteiger charge is -2.00. The third-order valence-electron chi connectivity index (χ3n) is 1.36. The second kappa shape index (κ2) is 3.83. The lowest BCUT2D eigenvalue weighted by atomic mass is 10.1. The van der Waals surface area contributed by atoms with E-state index in [2.05, 4.69) is 31.9 Å². The molecule has 0 unspecified atom stereocenters. The second-order valence-electron chi connectivity index (χ2n) is 2.06. The fourth-order valence-corrected chi connectivity index (χ4v) is 1.98. The van der Waals surface area contributed by atoms with E-state index in [1.54, 1.807) is 12.1 Å². The van der Waals surface area contributed by atoms with E-state index in [-0.39, 0.29) is 0 Å². The molecule has 4 heteroatoms. The maximum atomic E-state index is 10.5. The van der Waals surface area contributed by atoms with Gasteiger partial charge in [-0.05, 0) is 44.0 Å². The number of halogens is 2. The predicted octanol–water partition coefficient (Wildman–Crippen LogP) is 2.90. The van der Waals surface area contributed by atoms with Crippen LogP contribution >= 0.6 is 31.9 Å². The molecule has 0 spiro atoms. The van der Waals surface area contributed by atoms with Gasteiger partial charge in [-0.1, -0.05) is 0 Å². The zero-order valence-corrected chi connectivity index (χ0v) is 9.02. The first-order valence-corrected chi connectivity index (χ1v) is 4.62. The molecule has 2 nitrogen and oxygen atoms in total. The highest BCUT2D eigenvalue weighted by Crippen LogP contribution is 2.26. The van der Waals surface area contributed by atoms with Crippen molar-refractivity contribution in [2.24, 2.45) is 0 Å². The van der Waals surface area contributed by atoms with E-state index in [1.165, 1.54) is 0 Å². The molecule has 1 rings (SSSR count). The molecule has 1 aromatic rings. The van der Waals surface area contributed by atoms with E-state index in [9.17, 15) is 4.79 Å². The van der Waals surface area contributed by atoms with Crippen LogP contribution in [0.5, 0.6) is 0 Å². The fraction of sp³-hybridized carbons (Fsp3) is 0. The van der Waals surface area contributed by atoms with Crippen LogP contribution in [-0.2, 0) is 0 Å². The Morgan fingerprint density at radius 3 is 2.58 bits per heavy atom. The Morgan fingerprint density at radius 1 is 1.42 bits per heavy atom. The molecule has 0 saturated heterocycles. The molecule has 0 aromatic heterocycles. The summed E-state index contributed by atoms with van der Waals surface area (Å²) in [5, 5.41) is 8.69. The molecule has 0 radical (unpaired) electrons. The number of nitriles is 1. The van der Waals surface area contributed by atoms with Gasteiger partial charge in [-0.25, -0.2) is 0 Å². The maximum absolute atomic E-state index is 10.5. The number of hydrogen-bond donors (Lipinski definition) is 0. The smallest absolute Gasteiger partial charge is 0.151 e. The van der Waals surface area contributed by atoms with Crippen LogP contribution in [0.25, 0.3) is 0 Å². The van der Waals surface area contributed by atoms with Crippen LogP contribution in [0.4, 0.5) is 0 Å². The number of aldehydes is 1. The first-order chi connectivity index (χ1) is 5.70. The van der Waals surface area contributed by atoms with Crippen LogP contribution in [0.2, 0.25) is 0 Å². The summed E-state index contributed by atoms with van der Waals surface area (Å²) in [4.78, 5) is 10.5. The molecule has 0 N–H and O–H groups in total. The average molecular weight is 289 g/mol. The van der Waals surface area contributed by atoms with Crippen molar-refractivity contribution in [3.05, 3.63) is 32.2 Å². The Labute approximate surface area is 86.5 Å². The van der Waals surface area contributed by atoms with Gasteiger partial charge in [-0.15, -0.1) is 0 Å². The molecule has 12 heavy (non-hydrogen) atoms. The number of carbonyl (C=O) groups excluding carboxylic acids is 1. The summed E-state index contributed by atoms with van der Waals surface area (Å²) in [5.41, 5.74) is 0.925. The molecule has 0 amide bonds. The molecule has 0 aliphatic rings. The highest BCUT2D eigenvalue weighted by Gasteiger charge is 2.07. The van der Waals surface area contributed by atoms with E-state index in [0.717, 1.165) is 0 Å². The number of hydrogen-bond acceptors (Lipinski definition) is 2. The molecule has 0 saturated carbocycles. The van der Waals surface area contributed by atoms with Crippen molar-refractivity contribution in [3.63, 3.8) is 0 Å². The molecule has 0 heterocycles. The Kier molecular flexibility index (Phi) is 3.01. The average Bonchev–Trinajstić information content (AvgIpc) is 2.06. The fourth-order valence-electron chi connectivity index (χ4n) is 0.762. The van der Waals surface area contributed by atoms with Crippen molar-refractivity contribution in [2.45, 2.75) is 0 Å². The summed E-state index contributed by atoms with van der Waals surface area (Å²) < 4.78 is 1.22. The summed E-state index contributed by atoms with van der Waals surface area (Å²) in [6.45, 7) is 0. The minimum absolute atomic E-state index is 0.444. The largest absolute Gasteiger partial charge is 0.298 e. The molecule has 60 valence electrons. The van der Waals surface area contributed by atoms with E-state index >= 15 is 0 Å². The third-order valence-corrected chi connectivity index (χ3v) is 2.87. The van der Waals surface area contributed by atoms with Gasteiger partial charge < -0.3 is 0 Å². The number of carbonyl (C=O) groups is 1. The highest BCUT2D eigenvalue weighted by molar-refractivity contribution is 9.11. The summed E-state index contributed by atoms with van der Waals surface area (Å²) >= 11 is 6.37. The SMILES string of the molecule is N#Cc1c(Br)ccc(C=O)c1Br. The van der Waals surface area contributed by atoms with Crippen LogP contribution in [0.3, 0.4) is 0 Å². The highest BCUT2D eigenvalue weighted by atomic mass is 79.9. The maximum Gasteiger partial charge on any atom is 0.151 e. The molecule has 0 atom stereocenters. The molecule has 0 bridgehead atoms. The summed E-state index contributed by atoms with van der Waals surface area (Å²) in [5.74, 6) is 0. The van der Waals surface area contributed by atoms with Gasteiger partial charge in [-0.2, -0.15) is 5.26 Å². The van der Waals surface area contributed by atoms with Gasteiger partial charge in [-0.3, -0.25) is 4.79 Å². The Balaban J connectivity index is 3.46. The molecular formula is C8H3Br2NO. The molecule has 0 aliphatic heterocycles. The normalized spacial score (nSPS) is 9.08. The zero-order chi connectivity index (χ0) is 9.14. The number of benzene rings is 1. The van der Waals surface area contributed by atoms with Crippen molar-refractivity contribution in [1.29, 1.82) is 5.26 Å². The Morgan fingerprint density at radius 2 is 2.08 bits per heavy atom. The van der Waals surface area contributed by atoms with Crippen molar-refractivity contribution in [2.75, 3.05) is 0 Å². The number of nitrogens with zero attached hydrogens (tertiary/aromatic N) is 1. The lowest BCUT2D eigenvalue weighted by Crippen LogP contribution is -1.87. The standard InChI is InChI=1S/C8H3Br2NO/c9-7-2-1-5(4-12)8(10)6(7)3-11/h1-2,4H. The summed E-state index contributed by atoms with van der Waals surface area (Å²) in [7, 11) is 0. The van der Waals surface area contributed by atoms with Crippen molar-refractivity contribution < 1.29 is 4.79 Å². The molecule has 0 fully saturated rings. The van der Waals surface area contributed by atoms with E-state index in [0.29, 0.717) is 26.4 Å². The summed E-state index contributed by atoms with van der Waals surface area (Å²) in [6, 6.07) is 5.30. The van der Waals surface area contributed by atoms with Crippen molar-refractivity contribution in [1.82, 2.24) is 0 Å². The topological polar surface area (TPSA) is 40.9 Å². The van der Waals surface area contributed by atoms with Gasteiger partial charge >= 0.3 is 0 Å². The Bertz CT molecular complexity index is 368. The molecular weight excluding hydrogens is 286 g/mol. The lowest BCUT2D eigenvalue weighted by molar-refractivity contribution is 0.112. The second-order valence-corrected chi connectivity index (χ2v) is 3.70. The van der Waals surface area contributed by atoms with E-state index in [1.807, 2.05) is 6.07 Å². The number of rotatable bonds is 1. The van der Waals surface area contributed by atoms with Gasteiger partial charge in [0.1, 0.15) is 6.07 Å². The van der Waals surface area contributed by atoms with Crippen LogP contribution in [0.15, 0.2) is 21.1 Å². The van der Waals surface area contributed by atoms with Crippen molar-refractivity contribution >= 4 is 38.1 Å². The minimum Gasteiger partial charge on any atom is -0.298 e. The van der Waals surface area contributed by atoms with Gasteiger partial charge in [0.05, 0.1) is 5.56 Å². The van der Waals surface area contributed by atoms with Crippen LogP contribution < -0.4 is 0 Å². The van der Waals surface area contributed by atoms with Crippen LogP contribution in [0.1, 0.15) is 15.9 Å². The molecule has 1 aromatic carbocycles. The van der Waals surface area contributed by atoms with Gasteiger partial charge in [0, 0.05) is 14.5 Å². The van der Waals surface area contributed by atoms with Gasteiger partial charge in [0.2, 0.25) is 0 Å². The quantitative estimate of drug-likeness (QED) is 0.746. The minimum atomic E-state index is 0.444. The first kappa shape index (κ1) is 9.43. The van der Waals surface area contributed by atoms with E-state index in [4.69, 9.17) is 5.26 Å².